The summed E-state index contributed by atoms with van der Waals surface area (Å²) in [6, 6.07) is 15.5. The van der Waals surface area contributed by atoms with Gasteiger partial charge in [-0.05, 0) is 42.6 Å². The van der Waals surface area contributed by atoms with Gasteiger partial charge in [0.05, 0.1) is 13.2 Å². The van der Waals surface area contributed by atoms with Crippen molar-refractivity contribution in [1.82, 2.24) is 15.5 Å². The highest BCUT2D eigenvalue weighted by Gasteiger charge is 2.21. The fourth-order valence-electron chi connectivity index (χ4n) is 3.20. The van der Waals surface area contributed by atoms with Crippen LogP contribution in [0.2, 0.25) is 0 Å². The highest BCUT2D eigenvalue weighted by Crippen LogP contribution is 2.31. The zero-order valence-electron chi connectivity index (χ0n) is 16.8. The quantitative estimate of drug-likeness (QED) is 0.587. The summed E-state index contributed by atoms with van der Waals surface area (Å²) in [4.78, 5) is 26.6. The molecule has 0 aliphatic rings. The summed E-state index contributed by atoms with van der Waals surface area (Å²) in [7, 11) is 5.50. The number of ether oxygens (including phenoxy) is 1. The van der Waals surface area contributed by atoms with E-state index in [1.165, 1.54) is 10.1 Å². The Balaban J connectivity index is 1.61. The fraction of sp³-hybridized carbons (Fsp3) is 0.273. The van der Waals surface area contributed by atoms with Gasteiger partial charge in [0.25, 0.3) is 0 Å². The molecular weight excluding hydrogens is 386 g/mol. The van der Waals surface area contributed by atoms with Gasteiger partial charge < -0.3 is 20.3 Å². The molecule has 1 atom stereocenters. The van der Waals surface area contributed by atoms with Crippen LogP contribution in [-0.2, 0) is 16.1 Å². The fourth-order valence-corrected chi connectivity index (χ4v) is 4.21. The van der Waals surface area contributed by atoms with E-state index in [-0.39, 0.29) is 12.6 Å². The van der Waals surface area contributed by atoms with Gasteiger partial charge in [0, 0.05) is 23.4 Å². The molecule has 29 heavy (non-hydrogen) atoms. The number of nitrogens with zero attached hydrogens (tertiary/aromatic N) is 1. The Morgan fingerprint density at radius 2 is 1.72 bits per heavy atom. The first-order valence-corrected chi connectivity index (χ1v) is 10.2. The van der Waals surface area contributed by atoms with Crippen molar-refractivity contribution < 1.29 is 14.3 Å². The number of amides is 2. The number of hydrogen-bond donors (Lipinski definition) is 2. The number of methoxy groups -OCH3 is 1. The SMILES string of the molecule is COc1ccccc1CNC(=O)C(=O)NC[C@@H](c1csc2ccccc12)N(C)C. The smallest absolute Gasteiger partial charge is 0.309 e. The van der Waals surface area contributed by atoms with Crippen molar-refractivity contribution in [1.29, 1.82) is 0 Å². The van der Waals surface area contributed by atoms with E-state index in [0.29, 0.717) is 12.3 Å². The number of likely N-dealkylation sites (N-methyl/N-ethyl adjacent to an activating group) is 1. The third-order valence-electron chi connectivity index (χ3n) is 4.79. The summed E-state index contributed by atoms with van der Waals surface area (Å²) < 4.78 is 6.47. The summed E-state index contributed by atoms with van der Waals surface area (Å²) in [6.07, 6.45) is 0. The lowest BCUT2D eigenvalue weighted by Gasteiger charge is -2.24. The Bertz CT molecular complexity index is 1000. The predicted molar refractivity (Wildman–Crippen MR) is 116 cm³/mol. The van der Waals surface area contributed by atoms with E-state index in [9.17, 15) is 9.59 Å². The summed E-state index contributed by atoms with van der Waals surface area (Å²) >= 11 is 1.68. The molecule has 2 aromatic carbocycles. The second kappa shape index (κ2) is 9.54. The number of hydrogen-bond acceptors (Lipinski definition) is 5. The minimum atomic E-state index is -0.663. The summed E-state index contributed by atoms with van der Waals surface area (Å²) in [5, 5.41) is 8.70. The molecule has 7 heteroatoms. The maximum atomic E-state index is 12.3. The van der Waals surface area contributed by atoms with Crippen LogP contribution in [0.5, 0.6) is 5.75 Å². The molecule has 3 rings (SSSR count). The van der Waals surface area contributed by atoms with Gasteiger partial charge in [0.2, 0.25) is 0 Å². The number of carbonyl (C=O) groups excluding carboxylic acids is 2. The van der Waals surface area contributed by atoms with Gasteiger partial charge in [-0.15, -0.1) is 11.3 Å². The molecule has 0 aliphatic carbocycles. The lowest BCUT2D eigenvalue weighted by atomic mass is 10.0. The summed E-state index contributed by atoms with van der Waals surface area (Å²) in [6.45, 7) is 0.567. The number of benzene rings is 2. The van der Waals surface area contributed by atoms with Crippen LogP contribution >= 0.6 is 11.3 Å². The van der Waals surface area contributed by atoms with E-state index in [1.54, 1.807) is 18.4 Å². The van der Waals surface area contributed by atoms with E-state index in [4.69, 9.17) is 4.74 Å². The normalized spacial score (nSPS) is 12.0. The summed E-state index contributed by atoms with van der Waals surface area (Å²) in [5.74, 6) is -0.639. The van der Waals surface area contributed by atoms with Crippen LogP contribution in [0.4, 0.5) is 0 Å². The second-order valence-corrected chi connectivity index (χ2v) is 7.78. The van der Waals surface area contributed by atoms with Crippen LogP contribution in [-0.4, -0.2) is 44.5 Å². The molecule has 0 aliphatic heterocycles. The molecule has 2 amide bonds. The first-order chi connectivity index (χ1) is 14.0. The Hall–Kier alpha value is -2.90. The molecule has 0 radical (unpaired) electrons. The molecule has 3 aromatic rings. The molecule has 0 unspecified atom stereocenters. The highest BCUT2D eigenvalue weighted by atomic mass is 32.1. The molecule has 6 nitrogen and oxygen atoms in total. The zero-order valence-corrected chi connectivity index (χ0v) is 17.6. The van der Waals surface area contributed by atoms with Crippen LogP contribution in [0.1, 0.15) is 17.2 Å². The molecule has 2 N–H and O–H groups in total. The van der Waals surface area contributed by atoms with Gasteiger partial charge in [-0.1, -0.05) is 36.4 Å². The van der Waals surface area contributed by atoms with Gasteiger partial charge in [-0.3, -0.25) is 9.59 Å². The van der Waals surface area contributed by atoms with E-state index < -0.39 is 11.8 Å². The van der Waals surface area contributed by atoms with Crippen LogP contribution in [0, 0.1) is 0 Å². The average Bonchev–Trinajstić information content (AvgIpc) is 3.16. The minimum absolute atomic E-state index is 0.0304. The van der Waals surface area contributed by atoms with Crippen molar-refractivity contribution >= 4 is 33.2 Å². The molecule has 0 bridgehead atoms. The monoisotopic (exact) mass is 411 g/mol. The van der Waals surface area contributed by atoms with Gasteiger partial charge in [-0.2, -0.15) is 0 Å². The summed E-state index contributed by atoms with van der Waals surface area (Å²) in [5.41, 5.74) is 1.96. The number of para-hydroxylation sites is 1. The van der Waals surface area contributed by atoms with Gasteiger partial charge in [0.15, 0.2) is 0 Å². The Morgan fingerprint density at radius 3 is 2.48 bits per heavy atom. The Kier molecular flexibility index (Phi) is 6.85. The molecule has 0 saturated heterocycles. The molecule has 1 heterocycles. The molecule has 152 valence electrons. The number of rotatable bonds is 7. The van der Waals surface area contributed by atoms with Crippen LogP contribution in [0.3, 0.4) is 0 Å². The number of thiophene rings is 1. The average molecular weight is 412 g/mol. The van der Waals surface area contributed by atoms with Crippen molar-refractivity contribution in [2.75, 3.05) is 27.7 Å². The third-order valence-corrected chi connectivity index (χ3v) is 5.77. The van der Waals surface area contributed by atoms with Crippen molar-refractivity contribution in [3.63, 3.8) is 0 Å². The van der Waals surface area contributed by atoms with Crippen molar-refractivity contribution in [3.05, 3.63) is 65.0 Å². The van der Waals surface area contributed by atoms with Crippen molar-refractivity contribution in [2.45, 2.75) is 12.6 Å². The predicted octanol–water partition coefficient (Wildman–Crippen LogP) is 2.95. The molecule has 1 aromatic heterocycles. The largest absolute Gasteiger partial charge is 0.496 e. The van der Waals surface area contributed by atoms with Gasteiger partial charge in [0.1, 0.15) is 5.75 Å². The number of fused-ring (bicyclic) bond motifs is 1. The maximum Gasteiger partial charge on any atom is 0.309 e. The van der Waals surface area contributed by atoms with Crippen LogP contribution in [0.15, 0.2) is 53.9 Å². The van der Waals surface area contributed by atoms with Crippen LogP contribution in [0.25, 0.3) is 10.1 Å². The topological polar surface area (TPSA) is 70.7 Å². The highest BCUT2D eigenvalue weighted by molar-refractivity contribution is 7.17. The first kappa shape index (κ1) is 20.8. The number of carbonyl (C=O) groups is 2. The minimum Gasteiger partial charge on any atom is -0.496 e. The van der Waals surface area contributed by atoms with E-state index in [0.717, 1.165) is 11.1 Å². The van der Waals surface area contributed by atoms with Gasteiger partial charge in [-0.25, -0.2) is 0 Å². The van der Waals surface area contributed by atoms with Crippen molar-refractivity contribution in [3.8, 4) is 5.75 Å². The standard InChI is InChI=1S/C22H25N3O3S/c1-25(2)18(17-14-29-20-11-7-5-9-16(17)20)13-24-22(27)21(26)23-12-15-8-4-6-10-19(15)28-3/h4-11,14,18H,12-13H2,1-3H3,(H,23,26)(H,24,27)/t18-/m0/s1. The molecule has 0 spiro atoms. The Labute approximate surface area is 174 Å². The van der Waals surface area contributed by atoms with E-state index >= 15 is 0 Å². The van der Waals surface area contributed by atoms with Crippen molar-refractivity contribution in [2.24, 2.45) is 0 Å². The van der Waals surface area contributed by atoms with E-state index in [2.05, 4.69) is 28.1 Å². The third kappa shape index (κ3) is 4.93. The van der Waals surface area contributed by atoms with Gasteiger partial charge >= 0.3 is 11.8 Å². The van der Waals surface area contributed by atoms with E-state index in [1.807, 2.05) is 55.4 Å². The lowest BCUT2D eigenvalue weighted by molar-refractivity contribution is -0.139. The Morgan fingerprint density at radius 1 is 1.03 bits per heavy atom. The zero-order chi connectivity index (χ0) is 20.8. The second-order valence-electron chi connectivity index (χ2n) is 6.87. The molecular formula is C22H25N3O3S. The lowest BCUT2D eigenvalue weighted by Crippen LogP contribution is -2.42. The molecule has 0 fully saturated rings. The van der Waals surface area contributed by atoms with Crippen LogP contribution < -0.4 is 15.4 Å². The maximum absolute atomic E-state index is 12.3. The first-order valence-electron chi connectivity index (χ1n) is 9.31. The number of nitrogens with one attached hydrogen (secondary N) is 2. The molecule has 0 saturated carbocycles.